The molecule has 4 rings (SSSR count). The van der Waals surface area contributed by atoms with E-state index < -0.39 is 0 Å². The summed E-state index contributed by atoms with van der Waals surface area (Å²) in [5.41, 5.74) is 4.52. The number of rotatable bonds is 2. The third-order valence-electron chi connectivity index (χ3n) is 3.86. The van der Waals surface area contributed by atoms with Gasteiger partial charge in [-0.15, -0.1) is 0 Å². The molecular weight excluding hydrogens is 271 g/mol. The van der Waals surface area contributed by atoms with E-state index in [0.717, 1.165) is 41.0 Å². The van der Waals surface area contributed by atoms with Crippen molar-refractivity contribution in [3.63, 3.8) is 0 Å². The fourth-order valence-corrected chi connectivity index (χ4v) is 2.87. The van der Waals surface area contributed by atoms with Crippen LogP contribution in [0.5, 0.6) is 0 Å². The Morgan fingerprint density at radius 1 is 1.19 bits per heavy atom. The summed E-state index contributed by atoms with van der Waals surface area (Å²) in [5, 5.41) is 3.20. The van der Waals surface area contributed by atoms with Crippen molar-refractivity contribution in [2.24, 2.45) is 0 Å². The molecule has 0 spiro atoms. The summed E-state index contributed by atoms with van der Waals surface area (Å²) in [6.07, 6.45) is 2.31. The Morgan fingerprint density at radius 2 is 2.05 bits per heavy atom. The molecule has 0 bridgehead atoms. The molecule has 4 nitrogen and oxygen atoms in total. The number of benzene rings is 1. The molecule has 108 valence electrons. The zero-order chi connectivity index (χ0) is 14.2. The van der Waals surface area contributed by atoms with Crippen LogP contribution >= 0.6 is 0 Å². The smallest absolute Gasteiger partial charge is 0.185 e. The summed E-state index contributed by atoms with van der Waals surface area (Å²) in [4.78, 5) is 4.46. The molecule has 1 fully saturated rings. The quantitative estimate of drug-likeness (QED) is 0.922. The van der Waals surface area contributed by atoms with Gasteiger partial charge in [0.15, 0.2) is 6.29 Å². The van der Waals surface area contributed by atoms with Gasteiger partial charge in [0.1, 0.15) is 5.82 Å². The number of hydrogen-bond donors (Lipinski definition) is 1. The monoisotopic (exact) mass is 286 g/mol. The molecule has 21 heavy (non-hydrogen) atoms. The van der Waals surface area contributed by atoms with Crippen LogP contribution in [-0.2, 0) is 15.9 Å². The van der Waals surface area contributed by atoms with Crippen LogP contribution in [-0.4, -0.2) is 24.7 Å². The average Bonchev–Trinajstić information content (AvgIpc) is 3.17. The van der Waals surface area contributed by atoms with Gasteiger partial charge in [-0.25, -0.2) is 4.39 Å². The van der Waals surface area contributed by atoms with Crippen molar-refractivity contribution in [1.82, 2.24) is 4.98 Å². The van der Waals surface area contributed by atoms with Gasteiger partial charge in [-0.1, -0.05) is 6.07 Å². The van der Waals surface area contributed by atoms with Gasteiger partial charge >= 0.3 is 0 Å². The van der Waals surface area contributed by atoms with E-state index in [0.29, 0.717) is 13.2 Å². The van der Waals surface area contributed by atoms with Gasteiger partial charge < -0.3 is 14.8 Å². The third kappa shape index (κ3) is 2.28. The maximum Gasteiger partial charge on any atom is 0.185 e. The van der Waals surface area contributed by atoms with E-state index in [1.807, 2.05) is 12.1 Å². The molecule has 0 atom stereocenters. The van der Waals surface area contributed by atoms with Crippen molar-refractivity contribution in [3.05, 3.63) is 47.4 Å². The topological polar surface area (TPSA) is 43.4 Å². The molecule has 0 saturated carbocycles. The molecule has 1 saturated heterocycles. The van der Waals surface area contributed by atoms with Crippen LogP contribution < -0.4 is 5.32 Å². The second kappa shape index (κ2) is 5.09. The first-order valence-corrected chi connectivity index (χ1v) is 7.07. The molecule has 0 aliphatic carbocycles. The third-order valence-corrected chi connectivity index (χ3v) is 3.86. The highest BCUT2D eigenvalue weighted by atomic mass is 19.1. The van der Waals surface area contributed by atoms with E-state index in [-0.39, 0.29) is 12.1 Å². The highest BCUT2D eigenvalue weighted by Gasteiger charge is 2.20. The lowest BCUT2D eigenvalue weighted by atomic mass is 10.0. The number of ether oxygens (including phenoxy) is 2. The average molecular weight is 286 g/mol. The molecule has 0 radical (unpaired) electrons. The Bertz CT molecular complexity index is 667. The van der Waals surface area contributed by atoms with Crippen molar-refractivity contribution >= 4 is 5.69 Å². The number of nitrogens with one attached hydrogen (secondary N) is 1. The zero-order valence-electron chi connectivity index (χ0n) is 11.4. The van der Waals surface area contributed by atoms with Crippen LogP contribution in [0.15, 0.2) is 30.5 Å². The first-order valence-electron chi connectivity index (χ1n) is 7.07. The lowest BCUT2D eigenvalue weighted by Crippen LogP contribution is -1.99. The van der Waals surface area contributed by atoms with Gasteiger partial charge in [0.05, 0.1) is 18.9 Å². The van der Waals surface area contributed by atoms with Gasteiger partial charge in [0.25, 0.3) is 0 Å². The van der Waals surface area contributed by atoms with E-state index in [1.165, 1.54) is 0 Å². The predicted molar refractivity (Wildman–Crippen MR) is 76.5 cm³/mol. The molecule has 1 aromatic carbocycles. The largest absolute Gasteiger partial charge is 0.384 e. The van der Waals surface area contributed by atoms with E-state index in [1.54, 1.807) is 18.3 Å². The summed E-state index contributed by atoms with van der Waals surface area (Å²) in [7, 11) is 0. The van der Waals surface area contributed by atoms with Gasteiger partial charge in [0.2, 0.25) is 0 Å². The number of pyridine rings is 1. The molecule has 0 unspecified atom stereocenters. The van der Waals surface area contributed by atoms with Crippen LogP contribution in [0.25, 0.3) is 11.3 Å². The minimum Gasteiger partial charge on any atom is -0.384 e. The van der Waals surface area contributed by atoms with Crippen LogP contribution in [0.2, 0.25) is 0 Å². The number of aromatic nitrogens is 1. The lowest BCUT2D eigenvalue weighted by Gasteiger charge is -2.11. The van der Waals surface area contributed by atoms with E-state index in [4.69, 9.17) is 9.47 Å². The number of nitrogens with zero attached hydrogens (tertiary/aromatic N) is 1. The number of hydrogen-bond acceptors (Lipinski definition) is 4. The van der Waals surface area contributed by atoms with E-state index in [9.17, 15) is 4.39 Å². The fourth-order valence-electron chi connectivity index (χ4n) is 2.87. The minimum atomic E-state index is -0.327. The molecule has 1 N–H and O–H groups in total. The Hall–Kier alpha value is -1.98. The molecular formula is C16H15FN2O2. The molecule has 3 heterocycles. The molecule has 2 aromatic rings. The Morgan fingerprint density at radius 3 is 2.81 bits per heavy atom. The summed E-state index contributed by atoms with van der Waals surface area (Å²) in [6.45, 7) is 2.05. The Labute approximate surface area is 121 Å². The summed E-state index contributed by atoms with van der Waals surface area (Å²) < 4.78 is 24.6. The molecule has 0 amide bonds. The Balaban J connectivity index is 1.70. The van der Waals surface area contributed by atoms with Gasteiger partial charge in [0, 0.05) is 29.6 Å². The first-order chi connectivity index (χ1) is 10.3. The summed E-state index contributed by atoms with van der Waals surface area (Å²) in [5.74, 6) is -0.244. The number of fused-ring (bicyclic) bond motifs is 1. The van der Waals surface area contributed by atoms with Crippen LogP contribution in [0.3, 0.4) is 0 Å². The summed E-state index contributed by atoms with van der Waals surface area (Å²) >= 11 is 0. The highest BCUT2D eigenvalue weighted by molar-refractivity contribution is 5.74. The van der Waals surface area contributed by atoms with Gasteiger partial charge in [-0.05, 0) is 30.2 Å². The lowest BCUT2D eigenvalue weighted by molar-refractivity contribution is -0.0443. The van der Waals surface area contributed by atoms with E-state index in [2.05, 4.69) is 10.3 Å². The van der Waals surface area contributed by atoms with Crippen LogP contribution in [0.4, 0.5) is 10.1 Å². The van der Waals surface area contributed by atoms with Crippen molar-refractivity contribution in [2.75, 3.05) is 25.1 Å². The normalized spacial score (nSPS) is 17.8. The van der Waals surface area contributed by atoms with Crippen molar-refractivity contribution < 1.29 is 13.9 Å². The molecule has 2 aliphatic rings. The van der Waals surface area contributed by atoms with E-state index >= 15 is 0 Å². The van der Waals surface area contributed by atoms with Crippen molar-refractivity contribution in [3.8, 4) is 11.3 Å². The molecule has 1 aromatic heterocycles. The maximum absolute atomic E-state index is 13.7. The molecule has 5 heteroatoms. The second-order valence-electron chi connectivity index (χ2n) is 5.21. The number of halogens is 1. The van der Waals surface area contributed by atoms with Gasteiger partial charge in [-0.2, -0.15) is 0 Å². The zero-order valence-corrected chi connectivity index (χ0v) is 11.4. The molecule has 2 aliphatic heterocycles. The Kier molecular flexibility index (Phi) is 3.09. The highest BCUT2D eigenvalue weighted by Crippen LogP contribution is 2.33. The van der Waals surface area contributed by atoms with Gasteiger partial charge in [-0.3, -0.25) is 4.98 Å². The minimum absolute atomic E-state index is 0.244. The SMILES string of the molecule is Fc1cc2c(c(-c3ccc(C4OCCO4)cn3)c1)CCN2. The maximum atomic E-state index is 13.7. The first kappa shape index (κ1) is 12.7. The van der Waals surface area contributed by atoms with Crippen LogP contribution in [0.1, 0.15) is 17.4 Å². The second-order valence-corrected chi connectivity index (χ2v) is 5.21. The van der Waals surface area contributed by atoms with Crippen molar-refractivity contribution in [1.29, 1.82) is 0 Å². The number of anilines is 1. The fraction of sp³-hybridized carbons (Fsp3) is 0.312. The predicted octanol–water partition coefficient (Wildman–Crippen LogP) is 2.90. The summed E-state index contributed by atoms with van der Waals surface area (Å²) in [6, 6.07) is 6.92. The van der Waals surface area contributed by atoms with Crippen molar-refractivity contribution in [2.45, 2.75) is 12.7 Å². The van der Waals surface area contributed by atoms with Crippen LogP contribution in [0, 0.1) is 5.82 Å². The standard InChI is InChI=1S/C16H15FN2O2/c17-11-7-13(12-3-4-18-15(12)8-11)14-2-1-10(9-19-14)16-20-5-6-21-16/h1-2,7-9,16,18H,3-6H2.